The maximum absolute atomic E-state index is 13.4. The summed E-state index contributed by atoms with van der Waals surface area (Å²) in [5.41, 5.74) is -0.230. The second kappa shape index (κ2) is 6.13. The highest BCUT2D eigenvalue weighted by molar-refractivity contribution is 5.94. The third-order valence-electron chi connectivity index (χ3n) is 2.43. The fourth-order valence-electron chi connectivity index (χ4n) is 1.45. The van der Waals surface area contributed by atoms with E-state index in [0.717, 1.165) is 18.9 Å². The van der Waals surface area contributed by atoms with Crippen LogP contribution < -0.4 is 0 Å². The van der Waals surface area contributed by atoms with E-state index in [1.807, 2.05) is 0 Å². The summed E-state index contributed by atoms with van der Waals surface area (Å²) in [5.74, 6) is -2.60. The topological polar surface area (TPSA) is 20.3 Å². The van der Waals surface area contributed by atoms with Gasteiger partial charge in [0, 0.05) is 13.6 Å². The third-order valence-corrected chi connectivity index (χ3v) is 2.43. The van der Waals surface area contributed by atoms with Gasteiger partial charge in [0.05, 0.1) is 5.56 Å². The van der Waals surface area contributed by atoms with Crippen molar-refractivity contribution in [2.45, 2.75) is 12.8 Å². The van der Waals surface area contributed by atoms with Gasteiger partial charge >= 0.3 is 0 Å². The number of unbranched alkanes of at least 4 members (excludes halogenated alkanes) is 1. The molecular weight excluding hydrogens is 224 g/mol. The molecule has 0 radical (unpaired) electrons. The van der Waals surface area contributed by atoms with Gasteiger partial charge in [-0.05, 0) is 25.0 Å². The number of carbonyl (C=O) groups excluding carboxylic acids is 1. The zero-order valence-electron chi connectivity index (χ0n) is 9.75. The molecule has 0 unspecified atom stereocenters. The lowest BCUT2D eigenvalue weighted by Gasteiger charge is -2.17. The zero-order chi connectivity index (χ0) is 12.8. The van der Waals surface area contributed by atoms with E-state index in [1.54, 1.807) is 13.1 Å². The highest BCUT2D eigenvalue weighted by Crippen LogP contribution is 2.13. The minimum absolute atomic E-state index is 0.230. The van der Waals surface area contributed by atoms with Crippen molar-refractivity contribution in [1.29, 1.82) is 0 Å². The van der Waals surface area contributed by atoms with Crippen molar-refractivity contribution in [2.75, 3.05) is 13.6 Å². The van der Waals surface area contributed by atoms with Crippen molar-refractivity contribution in [3.63, 3.8) is 0 Å². The van der Waals surface area contributed by atoms with Crippen LogP contribution in [0.5, 0.6) is 0 Å². The Balaban J connectivity index is 2.75. The van der Waals surface area contributed by atoms with Gasteiger partial charge in [0.15, 0.2) is 11.6 Å². The average Bonchev–Trinajstić information content (AvgIpc) is 2.32. The number of benzene rings is 1. The summed E-state index contributed by atoms with van der Waals surface area (Å²) in [6, 6.07) is 3.60. The molecule has 0 aliphatic carbocycles. The molecule has 2 nitrogen and oxygen atoms in total. The average molecular weight is 239 g/mol. The number of amides is 1. The zero-order valence-corrected chi connectivity index (χ0v) is 9.75. The first kappa shape index (κ1) is 13.4. The van der Waals surface area contributed by atoms with E-state index in [4.69, 9.17) is 0 Å². The molecule has 0 saturated heterocycles. The summed E-state index contributed by atoms with van der Waals surface area (Å²) in [6.45, 7) is 4.06. The molecule has 1 aromatic carbocycles. The molecule has 0 spiro atoms. The fourth-order valence-corrected chi connectivity index (χ4v) is 1.45. The summed E-state index contributed by atoms with van der Waals surface area (Å²) >= 11 is 0. The molecule has 0 heterocycles. The summed E-state index contributed by atoms with van der Waals surface area (Å²) in [5, 5.41) is 0. The van der Waals surface area contributed by atoms with Crippen LogP contribution in [0.25, 0.3) is 0 Å². The molecule has 0 saturated carbocycles. The lowest BCUT2D eigenvalue weighted by Crippen LogP contribution is -2.28. The van der Waals surface area contributed by atoms with E-state index in [2.05, 4.69) is 6.58 Å². The van der Waals surface area contributed by atoms with Crippen molar-refractivity contribution in [3.05, 3.63) is 48.1 Å². The van der Waals surface area contributed by atoms with Crippen LogP contribution in [0.3, 0.4) is 0 Å². The van der Waals surface area contributed by atoms with E-state index in [-0.39, 0.29) is 5.56 Å². The number of hydrogen-bond acceptors (Lipinski definition) is 1. The van der Waals surface area contributed by atoms with Gasteiger partial charge in [0.1, 0.15) is 0 Å². The monoisotopic (exact) mass is 239 g/mol. The lowest BCUT2D eigenvalue weighted by atomic mass is 10.1. The molecule has 0 aromatic heterocycles. The van der Waals surface area contributed by atoms with Crippen molar-refractivity contribution in [2.24, 2.45) is 0 Å². The lowest BCUT2D eigenvalue weighted by molar-refractivity contribution is 0.0788. The third kappa shape index (κ3) is 3.37. The molecule has 17 heavy (non-hydrogen) atoms. The van der Waals surface area contributed by atoms with Gasteiger partial charge in [0.25, 0.3) is 5.91 Å². The highest BCUT2D eigenvalue weighted by atomic mass is 19.2. The van der Waals surface area contributed by atoms with E-state index < -0.39 is 17.5 Å². The molecule has 0 bridgehead atoms. The predicted molar refractivity (Wildman–Crippen MR) is 62.7 cm³/mol. The largest absolute Gasteiger partial charge is 0.342 e. The Labute approximate surface area is 99.5 Å². The van der Waals surface area contributed by atoms with Crippen LogP contribution in [0.1, 0.15) is 23.2 Å². The molecule has 1 amide bonds. The maximum atomic E-state index is 13.4. The second-order valence-corrected chi connectivity index (χ2v) is 3.76. The number of allylic oxidation sites excluding steroid dienone is 1. The minimum Gasteiger partial charge on any atom is -0.342 e. The van der Waals surface area contributed by atoms with Crippen LogP contribution >= 0.6 is 0 Å². The first-order valence-corrected chi connectivity index (χ1v) is 5.38. The first-order valence-electron chi connectivity index (χ1n) is 5.38. The number of rotatable bonds is 5. The van der Waals surface area contributed by atoms with Gasteiger partial charge in [-0.2, -0.15) is 0 Å². The Bertz CT molecular complexity index is 418. The summed E-state index contributed by atoms with van der Waals surface area (Å²) in [6.07, 6.45) is 3.28. The van der Waals surface area contributed by atoms with Crippen molar-refractivity contribution in [1.82, 2.24) is 4.90 Å². The van der Waals surface area contributed by atoms with Crippen molar-refractivity contribution in [3.8, 4) is 0 Å². The fraction of sp³-hybridized carbons (Fsp3) is 0.308. The second-order valence-electron chi connectivity index (χ2n) is 3.76. The van der Waals surface area contributed by atoms with Crippen LogP contribution in [0.2, 0.25) is 0 Å². The van der Waals surface area contributed by atoms with Crippen molar-refractivity contribution >= 4 is 5.91 Å². The van der Waals surface area contributed by atoms with Crippen molar-refractivity contribution < 1.29 is 13.6 Å². The van der Waals surface area contributed by atoms with Crippen LogP contribution in [0.4, 0.5) is 8.78 Å². The normalized spacial score (nSPS) is 10.1. The van der Waals surface area contributed by atoms with Gasteiger partial charge < -0.3 is 4.90 Å². The van der Waals surface area contributed by atoms with Gasteiger partial charge in [-0.1, -0.05) is 12.1 Å². The molecule has 1 rings (SSSR count). The first-order chi connectivity index (χ1) is 8.07. The van der Waals surface area contributed by atoms with Crippen LogP contribution in [0, 0.1) is 11.6 Å². The Morgan fingerprint density at radius 1 is 1.47 bits per heavy atom. The molecule has 4 heteroatoms. The molecule has 92 valence electrons. The molecule has 0 N–H and O–H groups in total. The summed E-state index contributed by atoms with van der Waals surface area (Å²) in [4.78, 5) is 13.2. The molecule has 1 aromatic rings. The Morgan fingerprint density at radius 3 is 2.82 bits per heavy atom. The Morgan fingerprint density at radius 2 is 2.18 bits per heavy atom. The maximum Gasteiger partial charge on any atom is 0.256 e. The quantitative estimate of drug-likeness (QED) is 0.571. The van der Waals surface area contributed by atoms with E-state index >= 15 is 0 Å². The summed E-state index contributed by atoms with van der Waals surface area (Å²) < 4.78 is 26.3. The standard InChI is InChI=1S/C13H15F2NO/c1-3-4-5-9-16(2)13(17)10-7-6-8-11(14)12(10)15/h3,6-8H,1,4-5,9H2,2H3. The minimum atomic E-state index is -1.09. The van der Waals surface area contributed by atoms with E-state index in [1.165, 1.54) is 17.0 Å². The summed E-state index contributed by atoms with van der Waals surface area (Å²) in [7, 11) is 1.57. The number of halogens is 2. The van der Waals surface area contributed by atoms with Gasteiger partial charge in [0.2, 0.25) is 0 Å². The van der Waals surface area contributed by atoms with Crippen LogP contribution in [-0.4, -0.2) is 24.4 Å². The highest BCUT2D eigenvalue weighted by Gasteiger charge is 2.17. The number of hydrogen-bond donors (Lipinski definition) is 0. The van der Waals surface area contributed by atoms with Gasteiger partial charge in [-0.15, -0.1) is 6.58 Å². The predicted octanol–water partition coefficient (Wildman–Crippen LogP) is 3.00. The van der Waals surface area contributed by atoms with Crippen LogP contribution in [0.15, 0.2) is 30.9 Å². The number of nitrogens with zero attached hydrogens (tertiary/aromatic N) is 1. The van der Waals surface area contributed by atoms with Crippen LogP contribution in [-0.2, 0) is 0 Å². The van der Waals surface area contributed by atoms with Gasteiger partial charge in [-0.25, -0.2) is 8.78 Å². The number of carbonyl (C=O) groups is 1. The molecule has 0 aliphatic heterocycles. The van der Waals surface area contributed by atoms with E-state index in [9.17, 15) is 13.6 Å². The SMILES string of the molecule is C=CCCCN(C)C(=O)c1cccc(F)c1F. The smallest absolute Gasteiger partial charge is 0.256 e. The Kier molecular flexibility index (Phi) is 4.82. The Hall–Kier alpha value is -1.71. The molecular formula is C13H15F2NO. The molecule has 0 fully saturated rings. The van der Waals surface area contributed by atoms with E-state index in [0.29, 0.717) is 6.54 Å². The molecule has 0 aliphatic rings. The molecule has 0 atom stereocenters. The van der Waals surface area contributed by atoms with Gasteiger partial charge in [-0.3, -0.25) is 4.79 Å².